The maximum atomic E-state index is 13.4. The minimum atomic E-state index is -0.149. The van der Waals surface area contributed by atoms with Crippen molar-refractivity contribution in [3.05, 3.63) is 94.5 Å². The van der Waals surface area contributed by atoms with Gasteiger partial charge in [-0.25, -0.2) is 4.98 Å². The number of amides is 1. The average Bonchev–Trinajstić information content (AvgIpc) is 3.15. The van der Waals surface area contributed by atoms with Gasteiger partial charge >= 0.3 is 0 Å². The van der Waals surface area contributed by atoms with Crippen molar-refractivity contribution in [2.75, 3.05) is 4.90 Å². The van der Waals surface area contributed by atoms with Crippen LogP contribution in [0.3, 0.4) is 0 Å². The van der Waals surface area contributed by atoms with Gasteiger partial charge in [0.1, 0.15) is 0 Å². The Hall–Kier alpha value is -2.69. The quantitative estimate of drug-likeness (QED) is 0.386. The Morgan fingerprint density at radius 3 is 2.50 bits per heavy atom. The number of nitrogens with zero attached hydrogens (tertiary/aromatic N) is 2. The topological polar surface area (TPSA) is 33.2 Å². The SMILES string of the molecule is CCc1ccc2nc(N(Cc3ccccc3)C(=O)c3ccccc3Cl)sc2c1. The molecule has 140 valence electrons. The van der Waals surface area contributed by atoms with Crippen LogP contribution in [0.5, 0.6) is 0 Å². The van der Waals surface area contributed by atoms with E-state index < -0.39 is 0 Å². The summed E-state index contributed by atoms with van der Waals surface area (Å²) < 4.78 is 1.08. The van der Waals surface area contributed by atoms with Crippen molar-refractivity contribution in [1.29, 1.82) is 0 Å². The fourth-order valence-corrected chi connectivity index (χ4v) is 4.31. The van der Waals surface area contributed by atoms with Crippen LogP contribution in [0.1, 0.15) is 28.4 Å². The number of rotatable bonds is 5. The van der Waals surface area contributed by atoms with Crippen LogP contribution in [0.15, 0.2) is 72.8 Å². The molecule has 4 rings (SSSR count). The average molecular weight is 407 g/mol. The summed E-state index contributed by atoms with van der Waals surface area (Å²) in [6.45, 7) is 2.57. The number of hydrogen-bond acceptors (Lipinski definition) is 3. The van der Waals surface area contributed by atoms with E-state index in [1.165, 1.54) is 16.9 Å². The molecule has 0 aliphatic rings. The second kappa shape index (κ2) is 8.13. The monoisotopic (exact) mass is 406 g/mol. The minimum absolute atomic E-state index is 0.149. The van der Waals surface area contributed by atoms with E-state index in [2.05, 4.69) is 19.1 Å². The number of anilines is 1. The molecule has 1 heterocycles. The molecule has 1 amide bonds. The highest BCUT2D eigenvalue weighted by molar-refractivity contribution is 7.22. The van der Waals surface area contributed by atoms with Gasteiger partial charge in [-0.1, -0.05) is 78.4 Å². The second-order valence-corrected chi connectivity index (χ2v) is 7.93. The van der Waals surface area contributed by atoms with Gasteiger partial charge in [-0.15, -0.1) is 0 Å². The molecule has 28 heavy (non-hydrogen) atoms. The van der Waals surface area contributed by atoms with Gasteiger partial charge in [-0.05, 0) is 41.8 Å². The van der Waals surface area contributed by atoms with Gasteiger partial charge in [0.25, 0.3) is 5.91 Å². The maximum absolute atomic E-state index is 13.4. The summed E-state index contributed by atoms with van der Waals surface area (Å²) in [6.07, 6.45) is 0.968. The summed E-state index contributed by atoms with van der Waals surface area (Å²) in [4.78, 5) is 19.8. The van der Waals surface area contributed by atoms with Crippen molar-refractivity contribution >= 4 is 44.2 Å². The summed E-state index contributed by atoms with van der Waals surface area (Å²) in [7, 11) is 0. The third-order valence-corrected chi connectivity index (χ3v) is 5.98. The number of hydrogen-bond donors (Lipinski definition) is 0. The molecule has 0 atom stereocenters. The van der Waals surface area contributed by atoms with Gasteiger partial charge in [0.2, 0.25) is 0 Å². The molecule has 1 aromatic heterocycles. The summed E-state index contributed by atoms with van der Waals surface area (Å²) in [5, 5.41) is 1.12. The summed E-state index contributed by atoms with van der Waals surface area (Å²) >= 11 is 7.84. The van der Waals surface area contributed by atoms with Gasteiger partial charge in [0.15, 0.2) is 5.13 Å². The lowest BCUT2D eigenvalue weighted by molar-refractivity contribution is 0.0985. The Balaban J connectivity index is 1.78. The smallest absolute Gasteiger partial charge is 0.261 e. The lowest BCUT2D eigenvalue weighted by Gasteiger charge is -2.20. The third-order valence-electron chi connectivity index (χ3n) is 4.61. The number of aromatic nitrogens is 1. The fourth-order valence-electron chi connectivity index (χ4n) is 3.06. The number of halogens is 1. The van der Waals surface area contributed by atoms with Crippen LogP contribution in [0.4, 0.5) is 5.13 Å². The Bertz CT molecular complexity index is 1120. The first-order valence-corrected chi connectivity index (χ1v) is 10.3. The maximum Gasteiger partial charge on any atom is 0.261 e. The second-order valence-electron chi connectivity index (χ2n) is 6.51. The highest BCUT2D eigenvalue weighted by Crippen LogP contribution is 2.32. The van der Waals surface area contributed by atoms with E-state index in [1.54, 1.807) is 17.0 Å². The zero-order valence-electron chi connectivity index (χ0n) is 15.4. The lowest BCUT2D eigenvalue weighted by Crippen LogP contribution is -2.30. The summed E-state index contributed by atoms with van der Waals surface area (Å²) in [5.41, 5.74) is 3.68. The Morgan fingerprint density at radius 2 is 1.75 bits per heavy atom. The van der Waals surface area contributed by atoms with Gasteiger partial charge < -0.3 is 0 Å². The standard InChI is InChI=1S/C23H19ClN2OS/c1-2-16-12-13-20-21(14-16)28-23(25-20)26(15-17-8-4-3-5-9-17)22(27)18-10-6-7-11-19(18)24/h3-14H,2,15H2,1H3. The minimum Gasteiger partial charge on any atom is -0.279 e. The van der Waals surface area contributed by atoms with Crippen LogP contribution >= 0.6 is 22.9 Å². The number of thiazole rings is 1. The highest BCUT2D eigenvalue weighted by atomic mass is 35.5. The molecular weight excluding hydrogens is 388 g/mol. The largest absolute Gasteiger partial charge is 0.279 e. The zero-order chi connectivity index (χ0) is 19.5. The number of carbonyl (C=O) groups excluding carboxylic acids is 1. The predicted octanol–water partition coefficient (Wildman–Crippen LogP) is 6.36. The van der Waals surface area contributed by atoms with E-state index in [0.29, 0.717) is 22.3 Å². The normalized spacial score (nSPS) is 10.9. The fraction of sp³-hybridized carbons (Fsp3) is 0.130. The van der Waals surface area contributed by atoms with Crippen molar-refractivity contribution in [3.63, 3.8) is 0 Å². The lowest BCUT2D eigenvalue weighted by atomic mass is 10.1. The van der Waals surface area contributed by atoms with E-state index in [4.69, 9.17) is 16.6 Å². The van der Waals surface area contributed by atoms with Crippen molar-refractivity contribution in [2.24, 2.45) is 0 Å². The first kappa shape index (κ1) is 18.7. The number of carbonyl (C=O) groups is 1. The molecule has 0 bridgehead atoms. The van der Waals surface area contributed by atoms with Crippen molar-refractivity contribution in [2.45, 2.75) is 19.9 Å². The molecular formula is C23H19ClN2OS. The van der Waals surface area contributed by atoms with E-state index in [1.807, 2.05) is 48.5 Å². The molecule has 0 fully saturated rings. The third kappa shape index (κ3) is 3.79. The Morgan fingerprint density at radius 1 is 1.00 bits per heavy atom. The van der Waals surface area contributed by atoms with Crippen molar-refractivity contribution in [1.82, 2.24) is 4.98 Å². The van der Waals surface area contributed by atoms with Crippen LogP contribution < -0.4 is 4.90 Å². The van der Waals surface area contributed by atoms with Gasteiger partial charge in [-0.3, -0.25) is 9.69 Å². The van der Waals surface area contributed by atoms with Crippen LogP contribution in [-0.4, -0.2) is 10.9 Å². The molecule has 3 nitrogen and oxygen atoms in total. The Labute approximate surface area is 173 Å². The van der Waals surface area contributed by atoms with Crippen LogP contribution in [0.25, 0.3) is 10.2 Å². The number of benzene rings is 3. The van der Waals surface area contributed by atoms with E-state index >= 15 is 0 Å². The molecule has 0 saturated heterocycles. The van der Waals surface area contributed by atoms with Gasteiger partial charge in [0, 0.05) is 0 Å². The van der Waals surface area contributed by atoms with Crippen LogP contribution in [-0.2, 0) is 13.0 Å². The molecule has 0 unspecified atom stereocenters. The molecule has 0 spiro atoms. The number of fused-ring (bicyclic) bond motifs is 1. The van der Waals surface area contributed by atoms with Crippen molar-refractivity contribution < 1.29 is 4.79 Å². The van der Waals surface area contributed by atoms with E-state index in [0.717, 1.165) is 22.2 Å². The summed E-state index contributed by atoms with van der Waals surface area (Å²) in [6, 6.07) is 23.3. The molecule has 0 aliphatic carbocycles. The van der Waals surface area contributed by atoms with Gasteiger partial charge in [-0.2, -0.15) is 0 Å². The molecule has 4 aromatic rings. The van der Waals surface area contributed by atoms with Crippen LogP contribution in [0, 0.1) is 0 Å². The van der Waals surface area contributed by atoms with Gasteiger partial charge in [0.05, 0.1) is 27.3 Å². The van der Waals surface area contributed by atoms with Crippen LogP contribution in [0.2, 0.25) is 5.02 Å². The number of aryl methyl sites for hydroxylation is 1. The highest BCUT2D eigenvalue weighted by Gasteiger charge is 2.23. The van der Waals surface area contributed by atoms with E-state index in [-0.39, 0.29) is 5.91 Å². The molecule has 5 heteroatoms. The molecule has 0 saturated carbocycles. The molecule has 3 aromatic carbocycles. The van der Waals surface area contributed by atoms with Crippen molar-refractivity contribution in [3.8, 4) is 0 Å². The molecule has 0 N–H and O–H groups in total. The Kier molecular flexibility index (Phi) is 5.42. The molecule has 0 aliphatic heterocycles. The zero-order valence-corrected chi connectivity index (χ0v) is 17.0. The van der Waals surface area contributed by atoms with E-state index in [9.17, 15) is 4.79 Å². The first-order chi connectivity index (χ1) is 13.7. The molecule has 0 radical (unpaired) electrons. The summed E-state index contributed by atoms with van der Waals surface area (Å²) in [5.74, 6) is -0.149. The first-order valence-electron chi connectivity index (χ1n) is 9.15. The predicted molar refractivity (Wildman–Crippen MR) is 117 cm³/mol.